The van der Waals surface area contributed by atoms with Crippen molar-refractivity contribution in [1.82, 2.24) is 0 Å². The second kappa shape index (κ2) is 13.8. The standard InChI is InChI=1S/C27H38O3/c1-4-7-9-10-12-25(6-3)30-27(28)24-15-13-22(14-16-24)23-17-19-26(20-18-23)29-21-11-8-5-2/h13-20,25H,4-12,21H2,1-3H3/t25-/m0/s1. The van der Waals surface area contributed by atoms with Crippen LogP contribution in [0.5, 0.6) is 5.75 Å². The zero-order valence-corrected chi connectivity index (χ0v) is 19.0. The molecule has 164 valence electrons. The molecular formula is C27H38O3. The molecule has 0 spiro atoms. The topological polar surface area (TPSA) is 35.5 Å². The van der Waals surface area contributed by atoms with Gasteiger partial charge in [0.2, 0.25) is 0 Å². The maximum absolute atomic E-state index is 12.5. The summed E-state index contributed by atoms with van der Waals surface area (Å²) in [5.41, 5.74) is 2.80. The van der Waals surface area contributed by atoms with Gasteiger partial charge in [-0.1, -0.05) is 77.1 Å². The van der Waals surface area contributed by atoms with Crippen molar-refractivity contribution in [3.8, 4) is 16.9 Å². The van der Waals surface area contributed by atoms with Gasteiger partial charge in [0.15, 0.2) is 0 Å². The Hall–Kier alpha value is -2.29. The Kier molecular flexibility index (Phi) is 11.1. The molecule has 30 heavy (non-hydrogen) atoms. The Morgan fingerprint density at radius 2 is 1.37 bits per heavy atom. The van der Waals surface area contributed by atoms with Crippen molar-refractivity contribution in [3.05, 3.63) is 54.1 Å². The third-order valence-electron chi connectivity index (χ3n) is 5.43. The Morgan fingerprint density at radius 3 is 1.97 bits per heavy atom. The first-order valence-electron chi connectivity index (χ1n) is 11.7. The first-order valence-corrected chi connectivity index (χ1v) is 11.7. The molecule has 0 N–H and O–H groups in total. The summed E-state index contributed by atoms with van der Waals surface area (Å²) in [5.74, 6) is 0.680. The van der Waals surface area contributed by atoms with Gasteiger partial charge in [0.05, 0.1) is 12.2 Å². The number of carbonyl (C=O) groups excluding carboxylic acids is 1. The highest BCUT2D eigenvalue weighted by atomic mass is 16.5. The number of carbonyl (C=O) groups is 1. The van der Waals surface area contributed by atoms with E-state index in [4.69, 9.17) is 9.47 Å². The van der Waals surface area contributed by atoms with Gasteiger partial charge in [0, 0.05) is 0 Å². The van der Waals surface area contributed by atoms with Gasteiger partial charge in [-0.25, -0.2) is 4.79 Å². The molecule has 0 aromatic heterocycles. The predicted octanol–water partition coefficient (Wildman–Crippen LogP) is 7.83. The number of hydrogen-bond acceptors (Lipinski definition) is 3. The fourth-order valence-corrected chi connectivity index (χ4v) is 3.45. The van der Waals surface area contributed by atoms with E-state index in [1.54, 1.807) is 0 Å². The maximum atomic E-state index is 12.5. The fraction of sp³-hybridized carbons (Fsp3) is 0.519. The molecule has 0 unspecified atom stereocenters. The van der Waals surface area contributed by atoms with Gasteiger partial charge < -0.3 is 9.47 Å². The summed E-state index contributed by atoms with van der Waals surface area (Å²) in [6.07, 6.45) is 10.1. The highest BCUT2D eigenvalue weighted by Gasteiger charge is 2.14. The van der Waals surface area contributed by atoms with Gasteiger partial charge in [-0.05, 0) is 61.1 Å². The lowest BCUT2D eigenvalue weighted by atomic mass is 10.0. The van der Waals surface area contributed by atoms with Crippen LogP contribution in [0, 0.1) is 0 Å². The van der Waals surface area contributed by atoms with Gasteiger partial charge in [-0.15, -0.1) is 0 Å². The lowest BCUT2D eigenvalue weighted by Crippen LogP contribution is -2.17. The Balaban J connectivity index is 1.88. The van der Waals surface area contributed by atoms with E-state index in [0.29, 0.717) is 5.56 Å². The van der Waals surface area contributed by atoms with Gasteiger partial charge in [0.25, 0.3) is 0 Å². The van der Waals surface area contributed by atoms with E-state index in [9.17, 15) is 4.79 Å². The molecule has 0 aliphatic rings. The van der Waals surface area contributed by atoms with Gasteiger partial charge in [-0.3, -0.25) is 0 Å². The molecule has 0 aliphatic heterocycles. The zero-order chi connectivity index (χ0) is 21.6. The van der Waals surface area contributed by atoms with Crippen LogP contribution in [0.1, 0.15) is 88.9 Å². The number of benzene rings is 2. The lowest BCUT2D eigenvalue weighted by Gasteiger charge is -2.16. The number of hydrogen-bond donors (Lipinski definition) is 0. The van der Waals surface area contributed by atoms with Crippen molar-refractivity contribution in [2.24, 2.45) is 0 Å². The molecule has 0 bridgehead atoms. The Bertz CT molecular complexity index is 719. The lowest BCUT2D eigenvalue weighted by molar-refractivity contribution is 0.0267. The van der Waals surface area contributed by atoms with E-state index in [1.165, 1.54) is 32.1 Å². The van der Waals surface area contributed by atoms with Crippen LogP contribution in [0.25, 0.3) is 11.1 Å². The summed E-state index contributed by atoms with van der Waals surface area (Å²) in [5, 5.41) is 0. The molecule has 2 rings (SSSR count). The molecule has 0 saturated heterocycles. The minimum atomic E-state index is -0.222. The van der Waals surface area contributed by atoms with Crippen LogP contribution >= 0.6 is 0 Å². The highest BCUT2D eigenvalue weighted by molar-refractivity contribution is 5.90. The third kappa shape index (κ3) is 8.22. The number of unbranched alkanes of at least 4 members (excludes halogenated alkanes) is 5. The molecule has 2 aromatic carbocycles. The molecule has 0 radical (unpaired) electrons. The summed E-state index contributed by atoms with van der Waals surface area (Å²) in [7, 11) is 0. The first kappa shape index (κ1) is 24.0. The monoisotopic (exact) mass is 410 g/mol. The molecule has 0 amide bonds. The summed E-state index contributed by atoms with van der Waals surface area (Å²) in [6, 6.07) is 15.8. The Labute approximate surface area is 182 Å². The van der Waals surface area contributed by atoms with Gasteiger partial charge in [-0.2, -0.15) is 0 Å². The van der Waals surface area contributed by atoms with Crippen molar-refractivity contribution in [1.29, 1.82) is 0 Å². The van der Waals surface area contributed by atoms with E-state index in [0.717, 1.165) is 49.2 Å². The minimum Gasteiger partial charge on any atom is -0.494 e. The van der Waals surface area contributed by atoms with Crippen molar-refractivity contribution >= 4 is 5.97 Å². The molecule has 0 fully saturated rings. The van der Waals surface area contributed by atoms with E-state index >= 15 is 0 Å². The van der Waals surface area contributed by atoms with Crippen molar-refractivity contribution in [2.75, 3.05) is 6.61 Å². The molecule has 1 atom stereocenters. The normalized spacial score (nSPS) is 11.8. The van der Waals surface area contributed by atoms with E-state index in [2.05, 4.69) is 32.9 Å². The average molecular weight is 411 g/mol. The molecular weight excluding hydrogens is 372 g/mol. The second-order valence-corrected chi connectivity index (χ2v) is 7.94. The molecule has 3 heteroatoms. The SMILES string of the molecule is CCCCCC[C@H](CC)OC(=O)c1ccc(-c2ccc(OCCCCC)cc2)cc1. The Morgan fingerprint density at radius 1 is 0.767 bits per heavy atom. The van der Waals surface area contributed by atoms with Gasteiger partial charge in [0.1, 0.15) is 11.9 Å². The van der Waals surface area contributed by atoms with Crippen LogP contribution in [0.3, 0.4) is 0 Å². The maximum Gasteiger partial charge on any atom is 0.338 e. The highest BCUT2D eigenvalue weighted by Crippen LogP contribution is 2.23. The average Bonchev–Trinajstić information content (AvgIpc) is 2.79. The minimum absolute atomic E-state index is 0.0129. The smallest absolute Gasteiger partial charge is 0.338 e. The van der Waals surface area contributed by atoms with E-state index in [1.807, 2.05) is 36.4 Å². The third-order valence-corrected chi connectivity index (χ3v) is 5.43. The molecule has 0 heterocycles. The second-order valence-electron chi connectivity index (χ2n) is 7.94. The fourth-order valence-electron chi connectivity index (χ4n) is 3.45. The quantitative estimate of drug-likeness (QED) is 0.235. The van der Waals surface area contributed by atoms with E-state index in [-0.39, 0.29) is 12.1 Å². The summed E-state index contributed by atoms with van der Waals surface area (Å²) in [6.45, 7) is 7.24. The van der Waals surface area contributed by atoms with Crippen molar-refractivity contribution < 1.29 is 14.3 Å². The number of ether oxygens (including phenoxy) is 2. The number of rotatable bonds is 14. The summed E-state index contributed by atoms with van der Waals surface area (Å²) in [4.78, 5) is 12.5. The first-order chi connectivity index (χ1) is 14.7. The van der Waals surface area contributed by atoms with Crippen LogP contribution in [0.15, 0.2) is 48.5 Å². The summed E-state index contributed by atoms with van der Waals surface area (Å²) >= 11 is 0. The van der Waals surface area contributed by atoms with Crippen molar-refractivity contribution in [3.63, 3.8) is 0 Å². The van der Waals surface area contributed by atoms with Crippen LogP contribution in [0.2, 0.25) is 0 Å². The molecule has 0 saturated carbocycles. The summed E-state index contributed by atoms with van der Waals surface area (Å²) < 4.78 is 11.5. The van der Waals surface area contributed by atoms with Crippen molar-refractivity contribution in [2.45, 2.75) is 84.7 Å². The van der Waals surface area contributed by atoms with Crippen LogP contribution in [-0.4, -0.2) is 18.7 Å². The van der Waals surface area contributed by atoms with Gasteiger partial charge >= 0.3 is 5.97 Å². The van der Waals surface area contributed by atoms with E-state index < -0.39 is 0 Å². The van der Waals surface area contributed by atoms with Crippen LogP contribution < -0.4 is 4.74 Å². The molecule has 2 aromatic rings. The molecule has 3 nitrogen and oxygen atoms in total. The largest absolute Gasteiger partial charge is 0.494 e. The number of esters is 1. The molecule has 0 aliphatic carbocycles. The predicted molar refractivity (Wildman–Crippen MR) is 125 cm³/mol. The zero-order valence-electron chi connectivity index (χ0n) is 19.0. The van der Waals surface area contributed by atoms with Crippen LogP contribution in [0.4, 0.5) is 0 Å². The van der Waals surface area contributed by atoms with Crippen LogP contribution in [-0.2, 0) is 4.74 Å².